The first-order valence-corrected chi connectivity index (χ1v) is 12.8. The smallest absolute Gasteiger partial charge is 0.339 e. The average molecular weight is 598 g/mol. The Balaban J connectivity index is 1.85. The van der Waals surface area contributed by atoms with Crippen LogP contribution in [0.2, 0.25) is 0 Å². The first-order chi connectivity index (χ1) is 17.2. The molecule has 0 unspecified atom stereocenters. The molecule has 4 aromatic rings. The number of halogens is 2. The first-order valence-electron chi connectivity index (χ1n) is 11.7. The summed E-state index contributed by atoms with van der Waals surface area (Å²) in [6.45, 7) is 3.45. The molecule has 2 aromatic heterocycles. The summed E-state index contributed by atoms with van der Waals surface area (Å²) in [5.74, 6) is -0.850. The Labute approximate surface area is 220 Å². The van der Waals surface area contributed by atoms with E-state index in [1.807, 2.05) is 41.6 Å². The van der Waals surface area contributed by atoms with E-state index in [0.717, 1.165) is 16.4 Å². The maximum atomic E-state index is 14.8. The minimum atomic E-state index is -0.569. The van der Waals surface area contributed by atoms with Gasteiger partial charge >= 0.3 is 5.63 Å². The molecule has 0 aliphatic heterocycles. The number of carbonyl (C=O) groups excluding carboxylic acids is 1. The molecular formula is C28H24FIN2O4. The molecule has 0 saturated heterocycles. The lowest BCUT2D eigenvalue weighted by Crippen LogP contribution is -2.25. The molecule has 0 spiro atoms. The zero-order valence-electron chi connectivity index (χ0n) is 19.9. The number of pyridine rings is 1. The average Bonchev–Trinajstić information content (AvgIpc) is 3.63. The van der Waals surface area contributed by atoms with E-state index >= 15 is 0 Å². The van der Waals surface area contributed by atoms with Crippen molar-refractivity contribution in [3.8, 4) is 11.1 Å². The van der Waals surface area contributed by atoms with Crippen molar-refractivity contribution in [3.05, 3.63) is 101 Å². The van der Waals surface area contributed by atoms with E-state index in [2.05, 4.69) is 0 Å². The SMILES string of the molecule is Cc1c(Cc2ccc(I)cc2F)c2c(=O)n(C3CC3)c(C)c(-c3cccc(CC(N)=O)c3)c2oc1=O. The highest BCUT2D eigenvalue weighted by Crippen LogP contribution is 2.40. The van der Waals surface area contributed by atoms with Crippen LogP contribution in [0.1, 0.15) is 46.8 Å². The number of aromatic nitrogens is 1. The minimum absolute atomic E-state index is 0.0598. The summed E-state index contributed by atoms with van der Waals surface area (Å²) < 4.78 is 23.1. The summed E-state index contributed by atoms with van der Waals surface area (Å²) in [7, 11) is 0. The Morgan fingerprint density at radius 1 is 1.17 bits per heavy atom. The Morgan fingerprint density at radius 2 is 1.92 bits per heavy atom. The van der Waals surface area contributed by atoms with Gasteiger partial charge in [-0.15, -0.1) is 0 Å². The van der Waals surface area contributed by atoms with E-state index in [4.69, 9.17) is 10.2 Å². The summed E-state index contributed by atoms with van der Waals surface area (Å²) in [5, 5.41) is 0.290. The number of nitrogens with zero attached hydrogens (tertiary/aromatic N) is 1. The van der Waals surface area contributed by atoms with Crippen LogP contribution in [-0.4, -0.2) is 10.5 Å². The van der Waals surface area contributed by atoms with Crippen LogP contribution in [0.4, 0.5) is 4.39 Å². The van der Waals surface area contributed by atoms with Crippen LogP contribution < -0.4 is 16.9 Å². The lowest BCUT2D eigenvalue weighted by molar-refractivity contribution is -0.117. The zero-order chi connectivity index (χ0) is 25.7. The normalized spacial score (nSPS) is 13.3. The van der Waals surface area contributed by atoms with Gasteiger partial charge in [0.2, 0.25) is 5.91 Å². The monoisotopic (exact) mass is 598 g/mol. The lowest BCUT2D eigenvalue weighted by Gasteiger charge is -2.19. The quantitative estimate of drug-likeness (QED) is 0.319. The number of carbonyl (C=O) groups is 1. The number of rotatable bonds is 6. The fourth-order valence-corrected chi connectivity index (χ4v) is 5.31. The van der Waals surface area contributed by atoms with Gasteiger partial charge in [0.1, 0.15) is 5.82 Å². The van der Waals surface area contributed by atoms with Gasteiger partial charge < -0.3 is 14.7 Å². The highest BCUT2D eigenvalue weighted by molar-refractivity contribution is 14.1. The largest absolute Gasteiger partial charge is 0.422 e. The number of fused-ring (bicyclic) bond motifs is 1. The molecule has 0 atom stereocenters. The van der Waals surface area contributed by atoms with Gasteiger partial charge in [0.25, 0.3) is 5.56 Å². The van der Waals surface area contributed by atoms with E-state index in [9.17, 15) is 18.8 Å². The Bertz CT molecular complexity index is 1670. The topological polar surface area (TPSA) is 95.3 Å². The van der Waals surface area contributed by atoms with E-state index in [-0.39, 0.29) is 41.0 Å². The van der Waals surface area contributed by atoms with Gasteiger partial charge in [0.15, 0.2) is 5.58 Å². The first kappa shape index (κ1) is 24.4. The van der Waals surface area contributed by atoms with Gasteiger partial charge in [0.05, 0.1) is 11.8 Å². The molecule has 1 aliphatic carbocycles. The molecule has 1 fully saturated rings. The second kappa shape index (κ2) is 9.31. The van der Waals surface area contributed by atoms with Crippen LogP contribution in [0.3, 0.4) is 0 Å². The van der Waals surface area contributed by atoms with Crippen LogP contribution in [0.5, 0.6) is 0 Å². The van der Waals surface area contributed by atoms with Crippen molar-refractivity contribution < 1.29 is 13.6 Å². The van der Waals surface area contributed by atoms with E-state index in [1.165, 1.54) is 6.07 Å². The summed E-state index contributed by atoms with van der Waals surface area (Å²) in [5.41, 5.74) is 8.66. The molecule has 1 aliphatic rings. The number of amides is 1. The fourth-order valence-electron chi connectivity index (χ4n) is 4.85. The van der Waals surface area contributed by atoms with Gasteiger partial charge in [0, 0.05) is 32.9 Å². The lowest BCUT2D eigenvalue weighted by atomic mass is 9.93. The highest BCUT2D eigenvalue weighted by atomic mass is 127. The minimum Gasteiger partial charge on any atom is -0.422 e. The summed E-state index contributed by atoms with van der Waals surface area (Å²) in [6, 6.07) is 12.3. The summed E-state index contributed by atoms with van der Waals surface area (Å²) >= 11 is 2.04. The molecule has 36 heavy (non-hydrogen) atoms. The summed E-state index contributed by atoms with van der Waals surface area (Å²) in [4.78, 5) is 38.4. The van der Waals surface area contributed by atoms with Crippen LogP contribution in [0.25, 0.3) is 22.1 Å². The molecule has 0 radical (unpaired) electrons. The van der Waals surface area contributed by atoms with E-state index < -0.39 is 17.3 Å². The number of hydrogen-bond donors (Lipinski definition) is 1. The van der Waals surface area contributed by atoms with E-state index in [0.29, 0.717) is 33.5 Å². The Morgan fingerprint density at radius 3 is 2.58 bits per heavy atom. The summed E-state index contributed by atoms with van der Waals surface area (Å²) in [6.07, 6.45) is 1.91. The second-order valence-corrected chi connectivity index (χ2v) is 10.6. The maximum absolute atomic E-state index is 14.8. The van der Waals surface area contributed by atoms with Crippen molar-refractivity contribution in [2.75, 3.05) is 0 Å². The van der Waals surface area contributed by atoms with Crippen molar-refractivity contribution >= 4 is 39.5 Å². The molecule has 2 aromatic carbocycles. The van der Waals surface area contributed by atoms with Crippen LogP contribution in [0.15, 0.2) is 56.5 Å². The molecular weight excluding hydrogens is 574 g/mol. The fraction of sp³-hybridized carbons (Fsp3) is 0.250. The van der Waals surface area contributed by atoms with Gasteiger partial charge in [-0.2, -0.15) is 0 Å². The van der Waals surface area contributed by atoms with Crippen LogP contribution in [-0.2, 0) is 17.6 Å². The third-order valence-electron chi connectivity index (χ3n) is 6.75. The maximum Gasteiger partial charge on any atom is 0.339 e. The van der Waals surface area contributed by atoms with Crippen molar-refractivity contribution in [1.29, 1.82) is 0 Å². The highest BCUT2D eigenvalue weighted by Gasteiger charge is 2.31. The number of nitrogens with two attached hydrogens (primary N) is 1. The molecule has 184 valence electrons. The molecule has 5 rings (SSSR count). The van der Waals surface area contributed by atoms with E-state index in [1.54, 1.807) is 35.8 Å². The van der Waals surface area contributed by atoms with Crippen molar-refractivity contribution in [1.82, 2.24) is 4.57 Å². The molecule has 2 N–H and O–H groups in total. The van der Waals surface area contributed by atoms with Crippen molar-refractivity contribution in [3.63, 3.8) is 0 Å². The van der Waals surface area contributed by atoms with Crippen molar-refractivity contribution in [2.45, 2.75) is 45.6 Å². The third-order valence-corrected chi connectivity index (χ3v) is 7.42. The Kier molecular flexibility index (Phi) is 6.32. The Hall–Kier alpha value is -3.27. The van der Waals surface area contributed by atoms with Gasteiger partial charge in [-0.05, 0) is 83.7 Å². The van der Waals surface area contributed by atoms with Crippen molar-refractivity contribution in [2.24, 2.45) is 5.73 Å². The molecule has 1 saturated carbocycles. The number of hydrogen-bond acceptors (Lipinski definition) is 4. The standard InChI is InChI=1S/C28H24FIN2O4/c1-14-21(12-17-6-7-19(30)13-22(17)29)25-26(36-28(14)35)24(15(2)32(27(25)34)20-8-9-20)18-5-3-4-16(10-18)11-23(31)33/h3-7,10,13,20H,8-9,11-12H2,1-2H3,(H2,31,33). The predicted molar refractivity (Wildman–Crippen MR) is 145 cm³/mol. The zero-order valence-corrected chi connectivity index (χ0v) is 22.0. The number of primary amides is 1. The number of benzene rings is 2. The van der Waals surface area contributed by atoms with Gasteiger partial charge in [-0.1, -0.05) is 30.3 Å². The van der Waals surface area contributed by atoms with Crippen LogP contribution >= 0.6 is 22.6 Å². The van der Waals surface area contributed by atoms with Gasteiger partial charge in [-0.25, -0.2) is 9.18 Å². The molecule has 6 nitrogen and oxygen atoms in total. The molecule has 2 heterocycles. The molecule has 1 amide bonds. The molecule has 0 bridgehead atoms. The second-order valence-electron chi connectivity index (χ2n) is 9.32. The van der Waals surface area contributed by atoms with Gasteiger partial charge in [-0.3, -0.25) is 9.59 Å². The third kappa shape index (κ3) is 4.38. The van der Waals surface area contributed by atoms with Crippen LogP contribution in [0, 0.1) is 23.2 Å². The molecule has 8 heteroatoms. The predicted octanol–water partition coefficient (Wildman–Crippen LogP) is 4.94.